The van der Waals surface area contributed by atoms with E-state index in [1.54, 1.807) is 36.5 Å². The number of fused-ring (bicyclic) bond motifs is 1. The highest BCUT2D eigenvalue weighted by Gasteiger charge is 2.15. The number of anilines is 1. The summed E-state index contributed by atoms with van der Waals surface area (Å²) >= 11 is 0. The molecule has 0 bridgehead atoms. The molecule has 3 aromatic rings. The van der Waals surface area contributed by atoms with Crippen LogP contribution in [0, 0.1) is 0 Å². The maximum atomic E-state index is 12.5. The summed E-state index contributed by atoms with van der Waals surface area (Å²) in [4.78, 5) is 28.0. The summed E-state index contributed by atoms with van der Waals surface area (Å²) in [6, 6.07) is 15.9. The quantitative estimate of drug-likeness (QED) is 0.595. The molecule has 0 aliphatic heterocycles. The highest BCUT2D eigenvalue weighted by Crippen LogP contribution is 2.24. The number of benzene rings is 2. The summed E-state index contributed by atoms with van der Waals surface area (Å²) in [7, 11) is 0. The second kappa shape index (κ2) is 6.27. The minimum absolute atomic E-state index is 0.227. The fourth-order valence-electron chi connectivity index (χ4n) is 2.29. The van der Waals surface area contributed by atoms with E-state index < -0.39 is 5.97 Å². The summed E-state index contributed by atoms with van der Waals surface area (Å²) in [6.07, 6.45) is 1.67. The number of amides is 1. The highest BCUT2D eigenvalue weighted by atomic mass is 16.5. The molecule has 0 spiro atoms. The van der Waals surface area contributed by atoms with Gasteiger partial charge in [0.2, 0.25) is 0 Å². The van der Waals surface area contributed by atoms with Crippen molar-refractivity contribution in [2.45, 2.75) is 6.92 Å². The molecular formula is C18H14N2O3. The Kier molecular flexibility index (Phi) is 4.01. The van der Waals surface area contributed by atoms with Gasteiger partial charge < -0.3 is 10.1 Å². The summed E-state index contributed by atoms with van der Waals surface area (Å²) in [6.45, 7) is 1.29. The van der Waals surface area contributed by atoms with E-state index in [4.69, 9.17) is 4.74 Å². The van der Waals surface area contributed by atoms with Crippen LogP contribution in [0.2, 0.25) is 0 Å². The zero-order chi connectivity index (χ0) is 16.2. The van der Waals surface area contributed by atoms with Crippen LogP contribution in [-0.2, 0) is 4.79 Å². The molecule has 0 saturated heterocycles. The number of nitrogens with one attached hydrogen (secondary N) is 1. The smallest absolute Gasteiger partial charge is 0.308 e. The van der Waals surface area contributed by atoms with Crippen LogP contribution in [0.4, 0.5) is 5.69 Å². The lowest BCUT2D eigenvalue weighted by molar-refractivity contribution is -0.131. The predicted octanol–water partition coefficient (Wildman–Crippen LogP) is 3.41. The average Bonchev–Trinajstić information content (AvgIpc) is 2.55. The lowest BCUT2D eigenvalue weighted by Crippen LogP contribution is -2.15. The number of esters is 1. The molecule has 1 amide bonds. The third-order valence-corrected chi connectivity index (χ3v) is 3.27. The number of pyridine rings is 1. The van der Waals surface area contributed by atoms with E-state index in [1.807, 2.05) is 24.3 Å². The second-order valence-electron chi connectivity index (χ2n) is 4.92. The van der Waals surface area contributed by atoms with Gasteiger partial charge in [0.25, 0.3) is 5.91 Å². The first-order chi connectivity index (χ1) is 11.1. The fraction of sp³-hybridized carbons (Fsp3) is 0.0556. The van der Waals surface area contributed by atoms with Crippen molar-refractivity contribution < 1.29 is 14.3 Å². The lowest BCUT2D eigenvalue weighted by atomic mass is 10.1. The Morgan fingerprint density at radius 2 is 1.78 bits per heavy atom. The van der Waals surface area contributed by atoms with Crippen LogP contribution in [0.1, 0.15) is 17.3 Å². The van der Waals surface area contributed by atoms with E-state index in [-0.39, 0.29) is 17.2 Å². The Morgan fingerprint density at radius 1 is 1.00 bits per heavy atom. The molecule has 1 N–H and O–H groups in total. The largest absolute Gasteiger partial charge is 0.426 e. The molecule has 0 radical (unpaired) electrons. The van der Waals surface area contributed by atoms with E-state index in [9.17, 15) is 9.59 Å². The molecule has 114 valence electrons. The van der Waals surface area contributed by atoms with Gasteiger partial charge in [-0.25, -0.2) is 0 Å². The maximum absolute atomic E-state index is 12.5. The Bertz CT molecular complexity index is 885. The number of ether oxygens (including phenoxy) is 1. The SMILES string of the molecule is CC(=O)Oc1ccccc1C(=O)Nc1cccc2cccnc12. The lowest BCUT2D eigenvalue weighted by Gasteiger charge is -2.10. The molecule has 1 aromatic heterocycles. The number of para-hydroxylation sites is 2. The predicted molar refractivity (Wildman–Crippen MR) is 87.4 cm³/mol. The minimum atomic E-state index is -0.475. The van der Waals surface area contributed by atoms with E-state index >= 15 is 0 Å². The minimum Gasteiger partial charge on any atom is -0.426 e. The van der Waals surface area contributed by atoms with Crippen LogP contribution in [0.5, 0.6) is 5.75 Å². The van der Waals surface area contributed by atoms with Crippen molar-refractivity contribution in [3.8, 4) is 5.75 Å². The van der Waals surface area contributed by atoms with Gasteiger partial charge in [-0.3, -0.25) is 14.6 Å². The van der Waals surface area contributed by atoms with Gasteiger partial charge in [-0.2, -0.15) is 0 Å². The van der Waals surface area contributed by atoms with Gasteiger partial charge in [-0.1, -0.05) is 30.3 Å². The Balaban J connectivity index is 1.94. The molecule has 5 nitrogen and oxygen atoms in total. The number of carbonyl (C=O) groups is 2. The molecule has 5 heteroatoms. The highest BCUT2D eigenvalue weighted by molar-refractivity contribution is 6.09. The standard InChI is InChI=1S/C18H14N2O3/c1-12(21)23-16-10-3-2-8-14(16)18(22)20-15-9-4-6-13-7-5-11-19-17(13)15/h2-11H,1H3,(H,20,22). The third kappa shape index (κ3) is 3.18. The van der Waals surface area contributed by atoms with E-state index in [2.05, 4.69) is 10.3 Å². The molecule has 0 fully saturated rings. The van der Waals surface area contributed by atoms with Crippen LogP contribution >= 0.6 is 0 Å². The number of aromatic nitrogens is 1. The molecular weight excluding hydrogens is 292 g/mol. The number of nitrogens with zero attached hydrogens (tertiary/aromatic N) is 1. The van der Waals surface area contributed by atoms with Crippen LogP contribution in [0.15, 0.2) is 60.8 Å². The number of hydrogen-bond donors (Lipinski definition) is 1. The van der Waals surface area contributed by atoms with E-state index in [0.717, 1.165) is 5.39 Å². The molecule has 23 heavy (non-hydrogen) atoms. The van der Waals surface area contributed by atoms with E-state index in [1.165, 1.54) is 6.92 Å². The van der Waals surface area contributed by atoms with Gasteiger partial charge in [-0.15, -0.1) is 0 Å². The molecule has 0 unspecified atom stereocenters. The Morgan fingerprint density at radius 3 is 2.61 bits per heavy atom. The summed E-state index contributed by atoms with van der Waals surface area (Å²) in [5.41, 5.74) is 1.59. The molecule has 0 aliphatic rings. The van der Waals surface area contributed by atoms with Gasteiger partial charge in [0.05, 0.1) is 16.8 Å². The fourth-order valence-corrected chi connectivity index (χ4v) is 2.29. The Labute approximate surface area is 132 Å². The number of rotatable bonds is 3. The maximum Gasteiger partial charge on any atom is 0.308 e. The molecule has 0 atom stereocenters. The van der Waals surface area contributed by atoms with Crippen LogP contribution in [0.25, 0.3) is 10.9 Å². The second-order valence-corrected chi connectivity index (χ2v) is 4.92. The summed E-state index contributed by atoms with van der Waals surface area (Å²) in [5.74, 6) is -0.609. The molecule has 3 rings (SSSR count). The first-order valence-electron chi connectivity index (χ1n) is 7.08. The number of hydrogen-bond acceptors (Lipinski definition) is 4. The van der Waals surface area contributed by atoms with Gasteiger partial charge in [-0.05, 0) is 24.3 Å². The third-order valence-electron chi connectivity index (χ3n) is 3.27. The van der Waals surface area contributed by atoms with Crippen molar-refractivity contribution in [1.29, 1.82) is 0 Å². The van der Waals surface area contributed by atoms with Crippen LogP contribution in [0.3, 0.4) is 0 Å². The molecule has 1 heterocycles. The van der Waals surface area contributed by atoms with Crippen molar-refractivity contribution in [2.24, 2.45) is 0 Å². The van der Waals surface area contributed by atoms with E-state index in [0.29, 0.717) is 11.2 Å². The number of carbonyl (C=O) groups excluding carboxylic acids is 2. The van der Waals surface area contributed by atoms with Crippen molar-refractivity contribution in [3.63, 3.8) is 0 Å². The molecule has 0 aliphatic carbocycles. The molecule has 0 saturated carbocycles. The zero-order valence-electron chi connectivity index (χ0n) is 12.4. The van der Waals surface area contributed by atoms with Crippen molar-refractivity contribution in [2.75, 3.05) is 5.32 Å². The monoisotopic (exact) mass is 306 g/mol. The van der Waals surface area contributed by atoms with Crippen molar-refractivity contribution in [1.82, 2.24) is 4.98 Å². The first-order valence-corrected chi connectivity index (χ1v) is 7.08. The van der Waals surface area contributed by atoms with Gasteiger partial charge in [0.1, 0.15) is 5.75 Å². The topological polar surface area (TPSA) is 68.3 Å². The van der Waals surface area contributed by atoms with Gasteiger partial charge in [0, 0.05) is 18.5 Å². The first kappa shape index (κ1) is 14.7. The average molecular weight is 306 g/mol. The zero-order valence-corrected chi connectivity index (χ0v) is 12.4. The van der Waals surface area contributed by atoms with Crippen LogP contribution in [-0.4, -0.2) is 16.9 Å². The summed E-state index contributed by atoms with van der Waals surface area (Å²) in [5, 5.41) is 3.75. The Hall–Kier alpha value is -3.21. The molecule has 2 aromatic carbocycles. The van der Waals surface area contributed by atoms with Gasteiger partial charge >= 0.3 is 5.97 Å². The van der Waals surface area contributed by atoms with Gasteiger partial charge in [0.15, 0.2) is 0 Å². The van der Waals surface area contributed by atoms with Crippen molar-refractivity contribution in [3.05, 3.63) is 66.4 Å². The summed E-state index contributed by atoms with van der Waals surface area (Å²) < 4.78 is 5.08. The van der Waals surface area contributed by atoms with Crippen LogP contribution < -0.4 is 10.1 Å². The normalized spacial score (nSPS) is 10.3. The van der Waals surface area contributed by atoms with Crippen molar-refractivity contribution >= 4 is 28.5 Å².